The lowest BCUT2D eigenvalue weighted by Gasteiger charge is -2.09. The second-order valence-electron chi connectivity index (χ2n) is 3.74. The molecule has 0 spiro atoms. The number of nitrogens with zero attached hydrogens (tertiary/aromatic N) is 2. The third kappa shape index (κ3) is 1.65. The van der Waals surface area contributed by atoms with Gasteiger partial charge in [-0.2, -0.15) is 5.10 Å². The Hall–Kier alpha value is -1.65. The molecule has 0 fully saturated rings. The summed E-state index contributed by atoms with van der Waals surface area (Å²) in [5.74, 6) is -0.903. The summed E-state index contributed by atoms with van der Waals surface area (Å²) < 4.78 is 1.52. The van der Waals surface area contributed by atoms with E-state index in [9.17, 15) is 9.59 Å². The number of carboxylic acids is 1. The number of aromatic nitrogens is 2. The van der Waals surface area contributed by atoms with Crippen LogP contribution < -0.4 is 0 Å². The van der Waals surface area contributed by atoms with E-state index in [1.807, 2.05) is 0 Å². The fraction of sp³-hybridized carbons (Fsp3) is 0.500. The van der Waals surface area contributed by atoms with Gasteiger partial charge in [0.1, 0.15) is 0 Å². The van der Waals surface area contributed by atoms with Gasteiger partial charge in [0, 0.05) is 13.5 Å². The minimum absolute atomic E-state index is 0.0283. The SMILES string of the molecule is Cn1nc2c(c1CC(=O)O)C(=O)CCC2. The molecule has 0 aliphatic heterocycles. The van der Waals surface area contributed by atoms with E-state index in [-0.39, 0.29) is 12.2 Å². The van der Waals surface area contributed by atoms with Crippen LogP contribution in [0, 0.1) is 0 Å². The molecule has 0 unspecified atom stereocenters. The van der Waals surface area contributed by atoms with E-state index >= 15 is 0 Å². The smallest absolute Gasteiger partial charge is 0.309 e. The molecule has 1 heterocycles. The van der Waals surface area contributed by atoms with Crippen molar-refractivity contribution in [1.82, 2.24) is 9.78 Å². The molecule has 0 bridgehead atoms. The molecule has 1 N–H and O–H groups in total. The summed E-state index contributed by atoms with van der Waals surface area (Å²) >= 11 is 0. The van der Waals surface area contributed by atoms with Gasteiger partial charge in [0.25, 0.3) is 0 Å². The van der Waals surface area contributed by atoms with Crippen molar-refractivity contribution in [3.05, 3.63) is 17.0 Å². The fourth-order valence-corrected chi connectivity index (χ4v) is 2.00. The third-order valence-electron chi connectivity index (χ3n) is 2.65. The second-order valence-corrected chi connectivity index (χ2v) is 3.74. The van der Waals surface area contributed by atoms with Crippen LogP contribution in [0.15, 0.2) is 0 Å². The largest absolute Gasteiger partial charge is 0.481 e. The van der Waals surface area contributed by atoms with E-state index in [2.05, 4.69) is 5.10 Å². The average Bonchev–Trinajstić information content (AvgIpc) is 2.43. The molecule has 0 atom stereocenters. The standard InChI is InChI=1S/C10H12N2O3/c1-12-7(5-9(14)15)10-6(11-12)3-2-4-8(10)13/h2-5H2,1H3,(H,14,15). The first-order valence-corrected chi connectivity index (χ1v) is 4.89. The van der Waals surface area contributed by atoms with Crippen molar-refractivity contribution in [3.8, 4) is 0 Å². The van der Waals surface area contributed by atoms with E-state index in [0.29, 0.717) is 17.7 Å². The van der Waals surface area contributed by atoms with Crippen LogP contribution in [0.25, 0.3) is 0 Å². The molecule has 0 amide bonds. The highest BCUT2D eigenvalue weighted by Gasteiger charge is 2.26. The highest BCUT2D eigenvalue weighted by atomic mass is 16.4. The number of ketones is 1. The van der Waals surface area contributed by atoms with Gasteiger partial charge in [-0.1, -0.05) is 0 Å². The number of carboxylic acid groups (broad SMARTS) is 1. The topological polar surface area (TPSA) is 72.2 Å². The molecular formula is C10H12N2O3. The van der Waals surface area contributed by atoms with Crippen molar-refractivity contribution in [2.75, 3.05) is 0 Å². The van der Waals surface area contributed by atoms with Gasteiger partial charge in [-0.05, 0) is 12.8 Å². The Bertz CT molecular complexity index is 434. The Morgan fingerprint density at radius 3 is 2.93 bits per heavy atom. The average molecular weight is 208 g/mol. The lowest BCUT2D eigenvalue weighted by molar-refractivity contribution is -0.136. The van der Waals surface area contributed by atoms with Crippen LogP contribution in [0.1, 0.15) is 34.6 Å². The molecule has 15 heavy (non-hydrogen) atoms. The number of rotatable bonds is 2. The van der Waals surface area contributed by atoms with Gasteiger partial charge < -0.3 is 5.11 Å². The molecule has 0 aromatic carbocycles. The lowest BCUT2D eigenvalue weighted by Crippen LogP contribution is -2.14. The highest BCUT2D eigenvalue weighted by Crippen LogP contribution is 2.23. The Kier molecular flexibility index (Phi) is 2.30. The first-order chi connectivity index (χ1) is 7.09. The molecule has 1 aromatic rings. The van der Waals surface area contributed by atoms with E-state index in [4.69, 9.17) is 5.11 Å². The molecule has 0 radical (unpaired) electrons. The molecule has 5 heteroatoms. The van der Waals surface area contributed by atoms with Gasteiger partial charge in [0.15, 0.2) is 5.78 Å². The summed E-state index contributed by atoms with van der Waals surface area (Å²) in [6.07, 6.45) is 1.96. The van der Waals surface area contributed by atoms with Crippen molar-refractivity contribution in [3.63, 3.8) is 0 Å². The van der Waals surface area contributed by atoms with Gasteiger partial charge >= 0.3 is 5.97 Å². The summed E-state index contributed by atoms with van der Waals surface area (Å²) in [4.78, 5) is 22.3. The van der Waals surface area contributed by atoms with Crippen LogP contribution in [0.5, 0.6) is 0 Å². The Balaban J connectivity index is 2.49. The van der Waals surface area contributed by atoms with E-state index in [1.54, 1.807) is 7.05 Å². The third-order valence-corrected chi connectivity index (χ3v) is 2.65. The molecular weight excluding hydrogens is 196 g/mol. The summed E-state index contributed by atoms with van der Waals surface area (Å²) in [5.41, 5.74) is 1.83. The zero-order valence-electron chi connectivity index (χ0n) is 8.49. The molecule has 1 aliphatic rings. The van der Waals surface area contributed by atoms with Crippen LogP contribution >= 0.6 is 0 Å². The predicted molar refractivity (Wildman–Crippen MR) is 51.8 cm³/mol. The van der Waals surface area contributed by atoms with Crippen LogP contribution in [-0.2, 0) is 24.7 Å². The number of aryl methyl sites for hydroxylation is 2. The quantitative estimate of drug-likeness (QED) is 0.771. The number of fused-ring (bicyclic) bond motifs is 1. The maximum Gasteiger partial charge on any atom is 0.309 e. The minimum Gasteiger partial charge on any atom is -0.481 e. The predicted octanol–water partition coefficient (Wildman–Crippen LogP) is 0.566. The number of carbonyl (C=O) groups is 2. The molecule has 2 rings (SSSR count). The molecule has 5 nitrogen and oxygen atoms in total. The first-order valence-electron chi connectivity index (χ1n) is 4.89. The minimum atomic E-state index is -0.931. The Labute approximate surface area is 86.7 Å². The van der Waals surface area contributed by atoms with Crippen molar-refractivity contribution in [2.24, 2.45) is 7.05 Å². The summed E-state index contributed by atoms with van der Waals surface area (Å²) in [7, 11) is 1.68. The van der Waals surface area contributed by atoms with E-state index in [1.165, 1.54) is 4.68 Å². The number of hydrogen-bond donors (Lipinski definition) is 1. The van der Waals surface area contributed by atoms with E-state index < -0.39 is 5.97 Å². The Morgan fingerprint density at radius 2 is 2.27 bits per heavy atom. The summed E-state index contributed by atoms with van der Waals surface area (Å²) in [5, 5.41) is 12.9. The van der Waals surface area contributed by atoms with E-state index in [0.717, 1.165) is 18.5 Å². The normalized spacial score (nSPS) is 15.1. The first kappa shape index (κ1) is 9.89. The summed E-state index contributed by atoms with van der Waals surface area (Å²) in [6.45, 7) is 0. The van der Waals surface area contributed by atoms with Crippen LogP contribution in [0.3, 0.4) is 0 Å². The maximum atomic E-state index is 11.7. The molecule has 1 aliphatic carbocycles. The fourth-order valence-electron chi connectivity index (χ4n) is 2.00. The Morgan fingerprint density at radius 1 is 1.53 bits per heavy atom. The number of aliphatic carboxylic acids is 1. The van der Waals surface area contributed by atoms with Crippen molar-refractivity contribution in [1.29, 1.82) is 0 Å². The van der Waals surface area contributed by atoms with Gasteiger partial charge in [-0.3, -0.25) is 14.3 Å². The van der Waals surface area contributed by atoms with Crippen LogP contribution in [-0.4, -0.2) is 26.6 Å². The molecule has 80 valence electrons. The number of Topliss-reactive ketones (excluding diaryl/α,β-unsaturated/α-hetero) is 1. The van der Waals surface area contributed by atoms with Crippen LogP contribution in [0.2, 0.25) is 0 Å². The highest BCUT2D eigenvalue weighted by molar-refractivity contribution is 5.99. The van der Waals surface area contributed by atoms with Crippen molar-refractivity contribution >= 4 is 11.8 Å². The lowest BCUT2D eigenvalue weighted by atomic mass is 9.94. The molecule has 1 aromatic heterocycles. The monoisotopic (exact) mass is 208 g/mol. The number of carbonyl (C=O) groups excluding carboxylic acids is 1. The summed E-state index contributed by atoms with van der Waals surface area (Å²) in [6, 6.07) is 0. The van der Waals surface area contributed by atoms with Crippen LogP contribution in [0.4, 0.5) is 0 Å². The van der Waals surface area contributed by atoms with Gasteiger partial charge in [0.05, 0.1) is 23.4 Å². The number of hydrogen-bond acceptors (Lipinski definition) is 3. The maximum absolute atomic E-state index is 11.7. The van der Waals surface area contributed by atoms with Gasteiger partial charge in [-0.25, -0.2) is 0 Å². The zero-order chi connectivity index (χ0) is 11.0. The zero-order valence-corrected chi connectivity index (χ0v) is 8.49. The van der Waals surface area contributed by atoms with Crippen molar-refractivity contribution < 1.29 is 14.7 Å². The van der Waals surface area contributed by atoms with Gasteiger partial charge in [0.2, 0.25) is 0 Å². The van der Waals surface area contributed by atoms with Crippen molar-refractivity contribution in [2.45, 2.75) is 25.7 Å². The molecule has 0 saturated carbocycles. The van der Waals surface area contributed by atoms with Gasteiger partial charge in [-0.15, -0.1) is 0 Å². The molecule has 0 saturated heterocycles. The second kappa shape index (κ2) is 3.49.